The summed E-state index contributed by atoms with van der Waals surface area (Å²) in [5.41, 5.74) is 1.50. The van der Waals surface area contributed by atoms with Gasteiger partial charge in [-0.1, -0.05) is 74.5 Å². The quantitative estimate of drug-likeness (QED) is 0.311. The Morgan fingerprint density at radius 1 is 0.667 bits per heavy atom. The van der Waals surface area contributed by atoms with E-state index in [9.17, 15) is 19.2 Å². The highest BCUT2D eigenvalue weighted by Gasteiger charge is 2.59. The number of carbonyl (C=O) groups excluding carboxylic acids is 4. The van der Waals surface area contributed by atoms with E-state index in [1.165, 1.54) is 11.1 Å². The Morgan fingerprint density at radius 2 is 1.05 bits per heavy atom. The minimum absolute atomic E-state index is 0.229. The van der Waals surface area contributed by atoms with Crippen LogP contribution in [0.3, 0.4) is 0 Å². The Kier molecular flexibility index (Phi) is 7.53. The molecule has 2 aromatic carbocycles. The molecule has 4 fully saturated rings. The molecule has 0 N–H and O–H groups in total. The van der Waals surface area contributed by atoms with Gasteiger partial charge in [0, 0.05) is 52.4 Å². The second kappa shape index (κ2) is 11.1. The van der Waals surface area contributed by atoms with Crippen LogP contribution in [-0.2, 0) is 32.2 Å². The lowest BCUT2D eigenvalue weighted by Crippen LogP contribution is -2.69. The van der Waals surface area contributed by atoms with Gasteiger partial charge in [-0.2, -0.15) is 0 Å². The number of hydrogen-bond donors (Lipinski definition) is 0. The third-order valence-corrected chi connectivity index (χ3v) is 10.0. The maximum absolute atomic E-state index is 13.0. The highest BCUT2D eigenvalue weighted by Crippen LogP contribution is 2.45. The second-order valence-electron chi connectivity index (χ2n) is 12.4. The summed E-state index contributed by atoms with van der Waals surface area (Å²) in [6, 6.07) is 20.3. The number of carbonyl (C=O) groups is 4. The fourth-order valence-corrected chi connectivity index (χ4v) is 7.42. The molecule has 0 bridgehead atoms. The molecular formula is C32H38N4O6. The Balaban J connectivity index is 1.01. The Hall–Kier alpha value is -3.76. The second-order valence-corrected chi connectivity index (χ2v) is 12.4. The van der Waals surface area contributed by atoms with E-state index >= 15 is 0 Å². The highest BCUT2D eigenvalue weighted by atomic mass is 16.7. The third kappa shape index (κ3) is 5.07. The molecule has 4 saturated heterocycles. The molecule has 0 unspecified atom stereocenters. The van der Waals surface area contributed by atoms with E-state index in [2.05, 4.69) is 47.9 Å². The first-order valence-electron chi connectivity index (χ1n) is 14.8. The lowest BCUT2D eigenvalue weighted by molar-refractivity contribution is -0.164. The summed E-state index contributed by atoms with van der Waals surface area (Å²) in [7, 11) is 0. The first-order chi connectivity index (χ1) is 20.2. The number of esters is 2. The van der Waals surface area contributed by atoms with Crippen LogP contribution in [0, 0.1) is 11.8 Å². The van der Waals surface area contributed by atoms with E-state index in [-0.39, 0.29) is 11.8 Å². The van der Waals surface area contributed by atoms with Gasteiger partial charge in [-0.05, 0) is 35.8 Å². The van der Waals surface area contributed by atoms with Gasteiger partial charge in [-0.25, -0.2) is 19.2 Å². The normalized spacial score (nSPS) is 28.9. The summed E-state index contributed by atoms with van der Waals surface area (Å²) in [4.78, 5) is 58.7. The molecule has 4 atom stereocenters. The van der Waals surface area contributed by atoms with Crippen LogP contribution in [0.15, 0.2) is 60.7 Å². The molecule has 0 saturated carbocycles. The monoisotopic (exact) mass is 574 g/mol. The standard InChI is InChI=1S/C32H38N4O6/c1-23-17-35(31(23)13-15-33(21-31)19-25-9-5-3-6-10-25)29(39)41-27(37)28(38)42-30(40)36-18-24(2)32(36)14-16-34(22-32)20-26-11-7-4-8-12-26/h3-12,23-24H,13-22H2,1-2H3/t23-,24-,31-,32-/m0/s1. The molecule has 2 amide bonds. The summed E-state index contributed by atoms with van der Waals surface area (Å²) in [6.45, 7) is 9.52. The van der Waals surface area contributed by atoms with E-state index in [4.69, 9.17) is 9.47 Å². The van der Waals surface area contributed by atoms with Gasteiger partial charge < -0.3 is 19.3 Å². The molecular weight excluding hydrogens is 536 g/mol. The largest absolute Gasteiger partial charge is 0.426 e. The summed E-state index contributed by atoms with van der Waals surface area (Å²) in [5, 5.41) is 0. The highest BCUT2D eigenvalue weighted by molar-refractivity contribution is 6.33. The van der Waals surface area contributed by atoms with Gasteiger partial charge in [0.15, 0.2) is 0 Å². The predicted molar refractivity (Wildman–Crippen MR) is 153 cm³/mol. The van der Waals surface area contributed by atoms with Crippen molar-refractivity contribution in [3.63, 3.8) is 0 Å². The molecule has 0 aliphatic carbocycles. The SMILES string of the molecule is C[C@H]1CN(C(=O)OC(=O)C(=O)OC(=O)N2C[C@H](C)[C@@]23CCN(Cc2ccccc2)C3)[C@]12CCN(Cc1ccccc1)C2. The smallest absolute Gasteiger partial charge is 0.367 e. The molecule has 4 heterocycles. The fraction of sp³-hybridized carbons (Fsp3) is 0.500. The van der Waals surface area contributed by atoms with E-state index in [0.29, 0.717) is 26.2 Å². The van der Waals surface area contributed by atoms with Crippen LogP contribution >= 0.6 is 0 Å². The number of nitrogens with zero attached hydrogens (tertiary/aromatic N) is 4. The van der Waals surface area contributed by atoms with Gasteiger partial charge in [0.25, 0.3) is 0 Å². The van der Waals surface area contributed by atoms with Gasteiger partial charge >= 0.3 is 24.1 Å². The minimum Gasteiger partial charge on any atom is -0.367 e. The van der Waals surface area contributed by atoms with Crippen molar-refractivity contribution in [2.75, 3.05) is 39.3 Å². The molecule has 222 valence electrons. The van der Waals surface area contributed by atoms with E-state index < -0.39 is 35.2 Å². The van der Waals surface area contributed by atoms with Crippen LogP contribution in [0.5, 0.6) is 0 Å². The zero-order valence-electron chi connectivity index (χ0n) is 24.2. The van der Waals surface area contributed by atoms with Crippen molar-refractivity contribution in [3.05, 3.63) is 71.8 Å². The maximum atomic E-state index is 13.0. The number of hydrogen-bond acceptors (Lipinski definition) is 8. The van der Waals surface area contributed by atoms with E-state index in [1.807, 2.05) is 36.4 Å². The van der Waals surface area contributed by atoms with Crippen LogP contribution in [-0.4, -0.2) is 94.1 Å². The van der Waals surface area contributed by atoms with Crippen molar-refractivity contribution >= 4 is 24.1 Å². The number of rotatable bonds is 4. The van der Waals surface area contributed by atoms with Gasteiger partial charge in [-0.15, -0.1) is 0 Å². The van der Waals surface area contributed by atoms with Crippen molar-refractivity contribution < 1.29 is 28.7 Å². The van der Waals surface area contributed by atoms with Gasteiger partial charge in [0.1, 0.15) is 0 Å². The summed E-state index contributed by atoms with van der Waals surface area (Å²) in [6.07, 6.45) is -0.232. The fourth-order valence-electron chi connectivity index (χ4n) is 7.42. The van der Waals surface area contributed by atoms with Crippen LogP contribution in [0.4, 0.5) is 9.59 Å². The first-order valence-corrected chi connectivity index (χ1v) is 14.8. The van der Waals surface area contributed by atoms with Crippen molar-refractivity contribution in [3.8, 4) is 0 Å². The van der Waals surface area contributed by atoms with Crippen molar-refractivity contribution in [2.24, 2.45) is 11.8 Å². The molecule has 0 radical (unpaired) electrons. The molecule has 0 aromatic heterocycles. The molecule has 4 aliphatic heterocycles. The number of amides is 2. The zero-order chi connectivity index (χ0) is 29.5. The molecule has 6 rings (SSSR count). The number of ether oxygens (including phenoxy) is 2. The van der Waals surface area contributed by atoms with Crippen LogP contribution in [0.25, 0.3) is 0 Å². The number of likely N-dealkylation sites (tertiary alicyclic amines) is 4. The number of benzene rings is 2. The average Bonchev–Trinajstić information content (AvgIpc) is 3.63. The van der Waals surface area contributed by atoms with E-state index in [1.54, 1.807) is 9.80 Å². The average molecular weight is 575 g/mol. The molecule has 4 aliphatic rings. The van der Waals surface area contributed by atoms with Crippen LogP contribution in [0.2, 0.25) is 0 Å². The van der Waals surface area contributed by atoms with Gasteiger partial charge in [0.2, 0.25) is 0 Å². The minimum atomic E-state index is -1.47. The topological polar surface area (TPSA) is 99.7 Å². The van der Waals surface area contributed by atoms with Crippen LogP contribution < -0.4 is 0 Å². The summed E-state index contributed by atoms with van der Waals surface area (Å²) < 4.78 is 9.87. The maximum Gasteiger partial charge on any atom is 0.426 e. The summed E-state index contributed by atoms with van der Waals surface area (Å²) >= 11 is 0. The molecule has 42 heavy (non-hydrogen) atoms. The van der Waals surface area contributed by atoms with Crippen LogP contribution in [0.1, 0.15) is 37.8 Å². The molecule has 10 heteroatoms. The third-order valence-electron chi connectivity index (χ3n) is 10.0. The molecule has 2 spiro atoms. The molecule has 10 nitrogen and oxygen atoms in total. The van der Waals surface area contributed by atoms with Gasteiger partial charge in [0.05, 0.1) is 11.1 Å². The van der Waals surface area contributed by atoms with E-state index in [0.717, 1.165) is 39.0 Å². The lowest BCUT2D eigenvalue weighted by Gasteiger charge is -2.55. The van der Waals surface area contributed by atoms with Gasteiger partial charge in [-0.3, -0.25) is 9.80 Å². The Bertz CT molecular complexity index is 1250. The Labute approximate surface area is 246 Å². The molecule has 2 aromatic rings. The first kappa shape index (κ1) is 28.4. The lowest BCUT2D eigenvalue weighted by atomic mass is 9.74. The zero-order valence-corrected chi connectivity index (χ0v) is 24.2. The summed E-state index contributed by atoms with van der Waals surface area (Å²) in [5.74, 6) is -2.48. The van der Waals surface area contributed by atoms with Crippen molar-refractivity contribution in [1.29, 1.82) is 0 Å². The Morgan fingerprint density at radius 3 is 1.40 bits per heavy atom. The van der Waals surface area contributed by atoms with Crippen molar-refractivity contribution in [1.82, 2.24) is 19.6 Å². The van der Waals surface area contributed by atoms with Crippen molar-refractivity contribution in [2.45, 2.75) is 50.9 Å². The predicted octanol–water partition coefficient (Wildman–Crippen LogP) is 3.51.